The number of unbranched alkanes of at least 4 members (excludes halogenated alkanes) is 1. The third kappa shape index (κ3) is 9.92. The van der Waals surface area contributed by atoms with E-state index in [-0.39, 0.29) is 12.4 Å². The van der Waals surface area contributed by atoms with Gasteiger partial charge in [0.2, 0.25) is 0 Å². The van der Waals surface area contributed by atoms with Gasteiger partial charge in [-0.1, -0.05) is 44.8 Å². The maximum absolute atomic E-state index is 11.2. The Morgan fingerprint density at radius 3 is 2.56 bits per heavy atom. The molecule has 4 heteroatoms. The van der Waals surface area contributed by atoms with Gasteiger partial charge in [0.1, 0.15) is 0 Å². The Balaban J connectivity index is 3.82. The first kappa shape index (κ1) is 15.4. The molecule has 0 aliphatic carbocycles. The first-order valence-electron chi connectivity index (χ1n) is 5.88. The molecule has 0 radical (unpaired) electrons. The largest absolute Gasteiger partial charge is 0.466 e. The molecule has 94 valence electrons. The maximum atomic E-state index is 11.2. The minimum Gasteiger partial charge on any atom is -0.466 e. The van der Waals surface area contributed by atoms with Crippen LogP contribution in [0.4, 0.5) is 0 Å². The normalized spacial score (nSPS) is 14.1. The molecule has 0 unspecified atom stereocenters. The fourth-order valence-electron chi connectivity index (χ4n) is 1.03. The lowest BCUT2D eigenvalue weighted by atomic mass is 10.2. The van der Waals surface area contributed by atoms with Gasteiger partial charge >= 0.3 is 5.97 Å². The van der Waals surface area contributed by atoms with Gasteiger partial charge < -0.3 is 9.84 Å². The maximum Gasteiger partial charge on any atom is 0.308 e. The lowest BCUT2D eigenvalue weighted by Gasteiger charge is -2.11. The van der Waals surface area contributed by atoms with Crippen molar-refractivity contribution in [3.8, 4) is 0 Å². The Morgan fingerprint density at radius 1 is 1.44 bits per heavy atom. The molecule has 0 heterocycles. The van der Waals surface area contributed by atoms with E-state index in [1.165, 1.54) is 0 Å². The molecule has 0 spiro atoms. The van der Waals surface area contributed by atoms with Crippen molar-refractivity contribution in [3.63, 3.8) is 0 Å². The third-order valence-corrected chi connectivity index (χ3v) is 3.15. The van der Waals surface area contributed by atoms with Crippen LogP contribution < -0.4 is 0 Å². The van der Waals surface area contributed by atoms with Crippen LogP contribution in [0.2, 0.25) is 19.6 Å². The molecule has 0 rings (SSSR count). The molecule has 1 atom stereocenters. The number of ether oxygens (including phenoxy) is 1. The molecule has 0 amide bonds. The van der Waals surface area contributed by atoms with E-state index in [0.717, 1.165) is 12.8 Å². The Labute approximate surface area is 99.5 Å². The summed E-state index contributed by atoms with van der Waals surface area (Å²) < 4.78 is 4.96. The van der Waals surface area contributed by atoms with Crippen molar-refractivity contribution in [2.45, 2.75) is 51.9 Å². The minimum absolute atomic E-state index is 0.0602. The summed E-state index contributed by atoms with van der Waals surface area (Å²) in [5.74, 6) is -0.318. The van der Waals surface area contributed by atoms with Crippen LogP contribution in [0.5, 0.6) is 0 Å². The second-order valence-corrected chi connectivity index (χ2v) is 10.1. The summed E-state index contributed by atoms with van der Waals surface area (Å²) in [6.07, 6.45) is 2.96. The van der Waals surface area contributed by atoms with E-state index in [2.05, 4.69) is 19.6 Å². The van der Waals surface area contributed by atoms with E-state index in [9.17, 15) is 9.90 Å². The van der Waals surface area contributed by atoms with E-state index in [1.54, 1.807) is 6.08 Å². The molecule has 0 aliphatic rings. The Morgan fingerprint density at radius 2 is 2.06 bits per heavy atom. The van der Waals surface area contributed by atoms with Crippen molar-refractivity contribution < 1.29 is 14.6 Å². The van der Waals surface area contributed by atoms with Gasteiger partial charge in [0, 0.05) is 0 Å². The number of aliphatic hydroxyl groups is 1. The van der Waals surface area contributed by atoms with Crippen molar-refractivity contribution in [1.29, 1.82) is 0 Å². The molecule has 0 fully saturated rings. The van der Waals surface area contributed by atoms with E-state index >= 15 is 0 Å². The highest BCUT2D eigenvalue weighted by Gasteiger charge is 2.12. The predicted molar refractivity (Wildman–Crippen MR) is 69.0 cm³/mol. The summed E-state index contributed by atoms with van der Waals surface area (Å²) in [5, 5.41) is 9.57. The average Bonchev–Trinajstić information content (AvgIpc) is 2.14. The van der Waals surface area contributed by atoms with E-state index < -0.39 is 14.2 Å². The molecule has 3 nitrogen and oxygen atoms in total. The summed E-state index contributed by atoms with van der Waals surface area (Å²) in [4.78, 5) is 11.2. The molecular weight excluding hydrogens is 220 g/mol. The van der Waals surface area contributed by atoms with Gasteiger partial charge in [-0.3, -0.25) is 4.79 Å². The lowest BCUT2D eigenvalue weighted by molar-refractivity contribution is -0.145. The zero-order valence-corrected chi connectivity index (χ0v) is 11.8. The second-order valence-electron chi connectivity index (χ2n) is 5.07. The molecule has 0 bridgehead atoms. The standard InChI is InChI=1S/C12H24O3Si/c1-5-6-8-15-12(14)10-11(13)7-9-16(2,3)4/h7,9,11,13H,5-6,8,10H2,1-4H3/b9-7+/t11-/m1/s1. The van der Waals surface area contributed by atoms with Crippen LogP contribution in [0, 0.1) is 0 Å². The molecule has 1 N–H and O–H groups in total. The zero-order chi connectivity index (χ0) is 12.6. The van der Waals surface area contributed by atoms with Gasteiger partial charge in [-0.25, -0.2) is 0 Å². The predicted octanol–water partition coefficient (Wildman–Crippen LogP) is 2.51. The monoisotopic (exact) mass is 244 g/mol. The first-order valence-corrected chi connectivity index (χ1v) is 9.46. The van der Waals surface area contributed by atoms with E-state index in [0.29, 0.717) is 6.61 Å². The number of carbonyl (C=O) groups excluding carboxylic acids is 1. The van der Waals surface area contributed by atoms with E-state index in [1.807, 2.05) is 12.6 Å². The highest BCUT2D eigenvalue weighted by molar-refractivity contribution is 6.80. The van der Waals surface area contributed by atoms with Crippen LogP contribution in [0.25, 0.3) is 0 Å². The zero-order valence-electron chi connectivity index (χ0n) is 10.8. The molecule has 0 aromatic heterocycles. The van der Waals surface area contributed by atoms with Gasteiger partial charge in [-0.15, -0.1) is 0 Å². The van der Waals surface area contributed by atoms with Crippen molar-refractivity contribution in [2.24, 2.45) is 0 Å². The van der Waals surface area contributed by atoms with Crippen molar-refractivity contribution in [3.05, 3.63) is 11.8 Å². The third-order valence-electron chi connectivity index (χ3n) is 1.96. The number of carbonyl (C=O) groups is 1. The molecule has 0 aromatic carbocycles. The number of hydrogen-bond donors (Lipinski definition) is 1. The van der Waals surface area contributed by atoms with Gasteiger partial charge in [-0.05, 0) is 6.42 Å². The molecule has 0 aromatic rings. The van der Waals surface area contributed by atoms with Crippen LogP contribution in [0.3, 0.4) is 0 Å². The smallest absolute Gasteiger partial charge is 0.308 e. The number of hydrogen-bond acceptors (Lipinski definition) is 3. The number of esters is 1. The highest BCUT2D eigenvalue weighted by Crippen LogP contribution is 2.05. The van der Waals surface area contributed by atoms with Crippen LogP contribution >= 0.6 is 0 Å². The molecule has 16 heavy (non-hydrogen) atoms. The van der Waals surface area contributed by atoms with Crippen molar-refractivity contribution >= 4 is 14.0 Å². The average molecular weight is 244 g/mol. The van der Waals surface area contributed by atoms with Crippen molar-refractivity contribution in [1.82, 2.24) is 0 Å². The molecule has 0 saturated heterocycles. The fraction of sp³-hybridized carbons (Fsp3) is 0.750. The summed E-state index contributed by atoms with van der Waals surface area (Å²) in [5.41, 5.74) is 2.04. The van der Waals surface area contributed by atoms with Gasteiger partial charge in [0.15, 0.2) is 0 Å². The Hall–Kier alpha value is -0.613. The summed E-state index contributed by atoms with van der Waals surface area (Å²) in [6.45, 7) is 9.03. The summed E-state index contributed by atoms with van der Waals surface area (Å²) in [7, 11) is -1.29. The number of rotatable bonds is 7. The quantitative estimate of drug-likeness (QED) is 0.425. The fourth-order valence-corrected chi connectivity index (χ4v) is 1.83. The summed E-state index contributed by atoms with van der Waals surface area (Å²) in [6, 6.07) is 0. The number of aliphatic hydroxyl groups excluding tert-OH is 1. The highest BCUT2D eigenvalue weighted by atomic mass is 28.3. The Bertz CT molecular complexity index is 231. The summed E-state index contributed by atoms with van der Waals surface area (Å²) >= 11 is 0. The molecular formula is C12H24O3Si. The van der Waals surface area contributed by atoms with Gasteiger partial charge in [0.25, 0.3) is 0 Å². The Kier molecular flexibility index (Phi) is 7.33. The van der Waals surface area contributed by atoms with Gasteiger partial charge in [-0.2, -0.15) is 0 Å². The molecule has 0 aliphatic heterocycles. The molecule has 0 saturated carbocycles. The topological polar surface area (TPSA) is 46.5 Å². The van der Waals surface area contributed by atoms with Crippen LogP contribution in [0.1, 0.15) is 26.2 Å². The first-order chi connectivity index (χ1) is 7.35. The van der Waals surface area contributed by atoms with Crippen LogP contribution in [-0.2, 0) is 9.53 Å². The lowest BCUT2D eigenvalue weighted by Crippen LogP contribution is -2.19. The van der Waals surface area contributed by atoms with Crippen LogP contribution in [0.15, 0.2) is 11.8 Å². The second kappa shape index (κ2) is 7.63. The minimum atomic E-state index is -1.29. The van der Waals surface area contributed by atoms with E-state index in [4.69, 9.17) is 4.74 Å². The van der Waals surface area contributed by atoms with Gasteiger partial charge in [0.05, 0.1) is 27.2 Å². The van der Waals surface area contributed by atoms with Crippen molar-refractivity contribution in [2.75, 3.05) is 6.61 Å². The van der Waals surface area contributed by atoms with Crippen LogP contribution in [-0.4, -0.2) is 31.9 Å². The SMILES string of the molecule is CCCCOC(=O)C[C@H](O)/C=C/[Si](C)(C)C.